The average Bonchev–Trinajstić information content (AvgIpc) is 3.21. The third kappa shape index (κ3) is 5.13. The maximum absolute atomic E-state index is 12.8. The van der Waals surface area contributed by atoms with Crippen LogP contribution in [0.15, 0.2) is 35.7 Å². The van der Waals surface area contributed by atoms with Gasteiger partial charge in [0.15, 0.2) is 0 Å². The lowest BCUT2D eigenvalue weighted by Crippen LogP contribution is -2.46. The monoisotopic (exact) mass is 400 g/mol. The summed E-state index contributed by atoms with van der Waals surface area (Å²) in [4.78, 5) is 29.7. The Balaban J connectivity index is 1.50. The number of carbonyl (C=O) groups excluding carboxylic acids is 2. The molecule has 0 bridgehead atoms. The van der Waals surface area contributed by atoms with Crippen molar-refractivity contribution in [3.8, 4) is 5.75 Å². The third-order valence-electron chi connectivity index (χ3n) is 5.06. The summed E-state index contributed by atoms with van der Waals surface area (Å²) in [6.07, 6.45) is 1.69. The lowest BCUT2D eigenvalue weighted by molar-refractivity contribution is -0.135. The van der Waals surface area contributed by atoms with Gasteiger partial charge in [-0.3, -0.25) is 9.59 Å². The second-order valence-electron chi connectivity index (χ2n) is 7.50. The first-order valence-electron chi connectivity index (χ1n) is 9.73. The quantitative estimate of drug-likeness (QED) is 0.742. The molecule has 2 aromatic rings. The Hall–Kier alpha value is -2.34. The Bertz CT molecular complexity index is 799. The summed E-state index contributed by atoms with van der Waals surface area (Å²) in [6.45, 7) is 6.29. The molecule has 1 saturated heterocycles. The Kier molecular flexibility index (Phi) is 6.73. The van der Waals surface area contributed by atoms with E-state index in [0.717, 1.165) is 41.1 Å². The topological polar surface area (TPSA) is 49.9 Å². The lowest BCUT2D eigenvalue weighted by atomic mass is 9.96. The molecule has 0 aliphatic carbocycles. The molecule has 3 rings (SSSR count). The van der Waals surface area contributed by atoms with Crippen molar-refractivity contribution < 1.29 is 14.3 Å². The molecule has 2 amide bonds. The molecule has 0 N–H and O–H groups in total. The van der Waals surface area contributed by atoms with Gasteiger partial charge in [0.2, 0.25) is 5.91 Å². The van der Waals surface area contributed by atoms with E-state index in [-0.39, 0.29) is 17.7 Å². The number of aryl methyl sites for hydroxylation is 2. The highest BCUT2D eigenvalue weighted by molar-refractivity contribution is 7.12. The first kappa shape index (κ1) is 20.4. The number of hydrogen-bond donors (Lipinski definition) is 0. The molecule has 6 heteroatoms. The van der Waals surface area contributed by atoms with Gasteiger partial charge in [-0.05, 0) is 61.4 Å². The van der Waals surface area contributed by atoms with Gasteiger partial charge >= 0.3 is 0 Å². The van der Waals surface area contributed by atoms with Crippen LogP contribution in [0.2, 0.25) is 0 Å². The van der Waals surface area contributed by atoms with Crippen molar-refractivity contribution in [1.82, 2.24) is 9.80 Å². The van der Waals surface area contributed by atoms with Gasteiger partial charge in [0.25, 0.3) is 5.91 Å². The van der Waals surface area contributed by atoms with E-state index in [1.807, 2.05) is 55.4 Å². The smallest absolute Gasteiger partial charge is 0.263 e. The number of benzene rings is 1. The van der Waals surface area contributed by atoms with E-state index < -0.39 is 0 Å². The number of carbonyl (C=O) groups is 2. The van der Waals surface area contributed by atoms with Crippen molar-refractivity contribution in [3.05, 3.63) is 51.7 Å². The molecule has 5 nitrogen and oxygen atoms in total. The summed E-state index contributed by atoms with van der Waals surface area (Å²) in [5.41, 5.74) is 2.33. The number of ether oxygens (including phenoxy) is 1. The number of piperidine rings is 1. The first-order chi connectivity index (χ1) is 13.4. The Morgan fingerprint density at radius 3 is 2.68 bits per heavy atom. The molecule has 150 valence electrons. The molecule has 1 aliphatic heterocycles. The molecule has 0 radical (unpaired) electrons. The molecule has 1 aliphatic rings. The summed E-state index contributed by atoms with van der Waals surface area (Å²) < 4.78 is 5.83. The van der Waals surface area contributed by atoms with Crippen LogP contribution >= 0.6 is 11.3 Å². The van der Waals surface area contributed by atoms with Crippen LogP contribution in [0, 0.1) is 19.8 Å². The predicted molar refractivity (Wildman–Crippen MR) is 112 cm³/mol. The van der Waals surface area contributed by atoms with E-state index in [4.69, 9.17) is 4.74 Å². The van der Waals surface area contributed by atoms with Crippen LogP contribution in [-0.4, -0.2) is 54.9 Å². The van der Waals surface area contributed by atoms with Crippen molar-refractivity contribution in [2.75, 3.05) is 33.3 Å². The van der Waals surface area contributed by atoms with Crippen LogP contribution < -0.4 is 4.74 Å². The highest BCUT2D eigenvalue weighted by Gasteiger charge is 2.30. The summed E-state index contributed by atoms with van der Waals surface area (Å²) in [5.74, 6) is 0.827. The van der Waals surface area contributed by atoms with E-state index in [1.54, 1.807) is 4.90 Å². The molecule has 1 unspecified atom stereocenters. The van der Waals surface area contributed by atoms with Gasteiger partial charge in [-0.15, -0.1) is 11.3 Å². The number of likely N-dealkylation sites (N-methyl/N-ethyl adjacent to an activating group) is 1. The number of likely N-dealkylation sites (tertiary alicyclic amines) is 1. The van der Waals surface area contributed by atoms with E-state index in [0.29, 0.717) is 19.7 Å². The largest absolute Gasteiger partial charge is 0.492 e. The molecule has 0 saturated carbocycles. The fourth-order valence-electron chi connectivity index (χ4n) is 3.66. The highest BCUT2D eigenvalue weighted by atomic mass is 32.1. The standard InChI is InChI=1S/C22H28N2O3S/c1-16-12-17(2)14-19(13-16)27-10-9-23(3)21(25)18-6-4-8-24(15-18)22(26)20-7-5-11-28-20/h5,7,11-14,18H,4,6,8-10,15H2,1-3H3. The van der Waals surface area contributed by atoms with Crippen LogP contribution in [0.1, 0.15) is 33.6 Å². The first-order valence-corrected chi connectivity index (χ1v) is 10.6. The molecule has 1 atom stereocenters. The van der Waals surface area contributed by atoms with Gasteiger partial charge in [0.05, 0.1) is 17.3 Å². The van der Waals surface area contributed by atoms with Crippen molar-refractivity contribution in [1.29, 1.82) is 0 Å². The van der Waals surface area contributed by atoms with Gasteiger partial charge in [0.1, 0.15) is 12.4 Å². The number of thiophene rings is 1. The van der Waals surface area contributed by atoms with Gasteiger partial charge in [-0.25, -0.2) is 0 Å². The van der Waals surface area contributed by atoms with Crippen LogP contribution in [0.4, 0.5) is 0 Å². The Labute approximate surface area is 170 Å². The van der Waals surface area contributed by atoms with E-state index in [9.17, 15) is 9.59 Å². The van der Waals surface area contributed by atoms with Gasteiger partial charge < -0.3 is 14.5 Å². The normalized spacial score (nSPS) is 16.7. The lowest BCUT2D eigenvalue weighted by Gasteiger charge is -2.33. The van der Waals surface area contributed by atoms with Crippen LogP contribution in [0.3, 0.4) is 0 Å². The molecule has 1 fully saturated rings. The summed E-state index contributed by atoms with van der Waals surface area (Å²) in [7, 11) is 1.81. The van der Waals surface area contributed by atoms with Gasteiger partial charge in [-0.2, -0.15) is 0 Å². The Morgan fingerprint density at radius 2 is 2.00 bits per heavy atom. The minimum atomic E-state index is -0.135. The maximum atomic E-state index is 12.8. The van der Waals surface area contributed by atoms with Gasteiger partial charge in [-0.1, -0.05) is 12.1 Å². The molecule has 28 heavy (non-hydrogen) atoms. The fourth-order valence-corrected chi connectivity index (χ4v) is 4.35. The average molecular weight is 401 g/mol. The number of rotatable bonds is 6. The zero-order valence-corrected chi connectivity index (χ0v) is 17.6. The van der Waals surface area contributed by atoms with Crippen molar-refractivity contribution in [2.45, 2.75) is 26.7 Å². The zero-order valence-electron chi connectivity index (χ0n) is 16.8. The molecular formula is C22H28N2O3S. The van der Waals surface area contributed by atoms with Crippen LogP contribution in [0.25, 0.3) is 0 Å². The van der Waals surface area contributed by atoms with E-state index in [1.165, 1.54) is 11.3 Å². The second kappa shape index (κ2) is 9.24. The summed E-state index contributed by atoms with van der Waals surface area (Å²) >= 11 is 1.45. The number of hydrogen-bond acceptors (Lipinski definition) is 4. The molecule has 1 aromatic heterocycles. The van der Waals surface area contributed by atoms with Crippen molar-refractivity contribution in [2.24, 2.45) is 5.92 Å². The number of amides is 2. The Morgan fingerprint density at radius 1 is 1.25 bits per heavy atom. The fraction of sp³-hybridized carbons (Fsp3) is 0.455. The number of nitrogens with zero attached hydrogens (tertiary/aromatic N) is 2. The third-order valence-corrected chi connectivity index (χ3v) is 5.91. The summed E-state index contributed by atoms with van der Waals surface area (Å²) in [6, 6.07) is 9.84. The minimum absolute atomic E-state index is 0.0355. The van der Waals surface area contributed by atoms with E-state index >= 15 is 0 Å². The molecule has 1 aromatic carbocycles. The maximum Gasteiger partial charge on any atom is 0.263 e. The highest BCUT2D eigenvalue weighted by Crippen LogP contribution is 2.22. The molecular weight excluding hydrogens is 372 g/mol. The van der Waals surface area contributed by atoms with Crippen LogP contribution in [0.5, 0.6) is 5.75 Å². The minimum Gasteiger partial charge on any atom is -0.492 e. The van der Waals surface area contributed by atoms with Crippen molar-refractivity contribution in [3.63, 3.8) is 0 Å². The SMILES string of the molecule is Cc1cc(C)cc(OCCN(C)C(=O)C2CCCN(C(=O)c3cccs3)C2)c1. The van der Waals surface area contributed by atoms with Gasteiger partial charge in [0, 0.05) is 20.1 Å². The van der Waals surface area contributed by atoms with Crippen LogP contribution in [-0.2, 0) is 4.79 Å². The second-order valence-corrected chi connectivity index (χ2v) is 8.45. The van der Waals surface area contributed by atoms with E-state index in [2.05, 4.69) is 6.07 Å². The summed E-state index contributed by atoms with van der Waals surface area (Å²) in [5, 5.41) is 1.91. The molecule has 2 heterocycles. The van der Waals surface area contributed by atoms with Crippen molar-refractivity contribution >= 4 is 23.2 Å². The zero-order chi connectivity index (χ0) is 20.1. The predicted octanol–water partition coefficient (Wildman–Crippen LogP) is 3.75. The molecule has 0 spiro atoms.